The van der Waals surface area contributed by atoms with Gasteiger partial charge in [0.15, 0.2) is 0 Å². The van der Waals surface area contributed by atoms with Gasteiger partial charge in [0.25, 0.3) is 0 Å². The summed E-state index contributed by atoms with van der Waals surface area (Å²) in [6, 6.07) is 0. The van der Waals surface area contributed by atoms with Gasteiger partial charge in [-0.2, -0.15) is 0 Å². The highest BCUT2D eigenvalue weighted by Crippen LogP contribution is 2.22. The fourth-order valence-electron chi connectivity index (χ4n) is 2.99. The van der Waals surface area contributed by atoms with E-state index in [1.165, 1.54) is 64.5 Å². The highest BCUT2D eigenvalue weighted by Gasteiger charge is 2.15. The molecule has 0 spiro atoms. The van der Waals surface area contributed by atoms with Crippen LogP contribution in [0.3, 0.4) is 0 Å². The summed E-state index contributed by atoms with van der Waals surface area (Å²) in [6.07, 6.45) is 11.4. The molecule has 2 nitrogen and oxygen atoms in total. The molecule has 0 bridgehead atoms. The fourth-order valence-corrected chi connectivity index (χ4v) is 2.99. The Morgan fingerprint density at radius 3 is 2.44 bits per heavy atom. The first kappa shape index (κ1) is 12.4. The predicted molar refractivity (Wildman–Crippen MR) is 67.6 cm³/mol. The zero-order chi connectivity index (χ0) is 11.1. The fraction of sp³-hybridized carbons (Fsp3) is 1.00. The molecule has 2 rings (SSSR count). The van der Waals surface area contributed by atoms with Crippen LogP contribution in [0, 0.1) is 11.8 Å². The van der Waals surface area contributed by atoms with Gasteiger partial charge in [-0.3, -0.25) is 0 Å². The Kier molecular flexibility index (Phi) is 5.64. The minimum Gasteiger partial charge on any atom is -0.381 e. The quantitative estimate of drug-likeness (QED) is 0.574. The smallest absolute Gasteiger partial charge is 0.0495 e. The monoisotopic (exact) mass is 225 g/mol. The normalized spacial score (nSPS) is 28.1. The molecule has 2 heteroatoms. The zero-order valence-corrected chi connectivity index (χ0v) is 10.5. The van der Waals surface area contributed by atoms with Gasteiger partial charge < -0.3 is 10.1 Å². The average Bonchev–Trinajstić information content (AvgIpc) is 2.68. The van der Waals surface area contributed by atoms with Crippen LogP contribution in [0.1, 0.15) is 51.4 Å². The van der Waals surface area contributed by atoms with E-state index in [0.717, 1.165) is 25.0 Å². The molecule has 1 unspecified atom stereocenters. The Balaban J connectivity index is 1.49. The van der Waals surface area contributed by atoms with Crippen molar-refractivity contribution in [1.82, 2.24) is 5.32 Å². The molecule has 1 saturated heterocycles. The SMILES string of the molecule is C1CCCC(CNCCC2CCOC2)CC1. The highest BCUT2D eigenvalue weighted by molar-refractivity contribution is 4.69. The molecule has 2 aliphatic rings. The summed E-state index contributed by atoms with van der Waals surface area (Å²) >= 11 is 0. The van der Waals surface area contributed by atoms with Gasteiger partial charge in [0.05, 0.1) is 0 Å². The van der Waals surface area contributed by atoms with Gasteiger partial charge in [-0.15, -0.1) is 0 Å². The van der Waals surface area contributed by atoms with E-state index in [0.29, 0.717) is 0 Å². The zero-order valence-electron chi connectivity index (χ0n) is 10.5. The van der Waals surface area contributed by atoms with E-state index in [2.05, 4.69) is 5.32 Å². The van der Waals surface area contributed by atoms with E-state index in [9.17, 15) is 0 Å². The topological polar surface area (TPSA) is 21.3 Å². The third-order valence-electron chi connectivity index (χ3n) is 4.16. The lowest BCUT2D eigenvalue weighted by Gasteiger charge is -2.15. The number of ether oxygens (including phenoxy) is 1. The van der Waals surface area contributed by atoms with E-state index >= 15 is 0 Å². The van der Waals surface area contributed by atoms with Crippen molar-refractivity contribution in [1.29, 1.82) is 0 Å². The van der Waals surface area contributed by atoms with E-state index in [1.807, 2.05) is 0 Å². The van der Waals surface area contributed by atoms with Crippen LogP contribution in [-0.4, -0.2) is 26.3 Å². The Morgan fingerprint density at radius 1 is 0.938 bits per heavy atom. The van der Waals surface area contributed by atoms with Gasteiger partial charge in [-0.05, 0) is 50.6 Å². The van der Waals surface area contributed by atoms with Crippen molar-refractivity contribution >= 4 is 0 Å². The lowest BCUT2D eigenvalue weighted by Crippen LogP contribution is -2.25. The van der Waals surface area contributed by atoms with Gasteiger partial charge >= 0.3 is 0 Å². The van der Waals surface area contributed by atoms with E-state index in [4.69, 9.17) is 4.74 Å². The molecule has 0 amide bonds. The average molecular weight is 225 g/mol. The first-order valence-corrected chi connectivity index (χ1v) is 7.23. The minimum atomic E-state index is 0.835. The Hall–Kier alpha value is -0.0800. The second-order valence-electron chi connectivity index (χ2n) is 5.58. The molecule has 1 aliphatic heterocycles. The van der Waals surface area contributed by atoms with Crippen molar-refractivity contribution in [3.8, 4) is 0 Å². The van der Waals surface area contributed by atoms with Crippen LogP contribution in [0.15, 0.2) is 0 Å². The molecule has 1 saturated carbocycles. The Bertz CT molecular complexity index is 170. The van der Waals surface area contributed by atoms with Gasteiger partial charge in [-0.25, -0.2) is 0 Å². The van der Waals surface area contributed by atoms with Crippen LogP contribution in [0.25, 0.3) is 0 Å². The summed E-state index contributed by atoms with van der Waals surface area (Å²) in [7, 11) is 0. The summed E-state index contributed by atoms with van der Waals surface area (Å²) < 4.78 is 5.39. The van der Waals surface area contributed by atoms with E-state index in [-0.39, 0.29) is 0 Å². The largest absolute Gasteiger partial charge is 0.381 e. The molecule has 94 valence electrons. The second-order valence-corrected chi connectivity index (χ2v) is 5.58. The van der Waals surface area contributed by atoms with Crippen LogP contribution in [0.4, 0.5) is 0 Å². The van der Waals surface area contributed by atoms with Crippen LogP contribution >= 0.6 is 0 Å². The van der Waals surface area contributed by atoms with Gasteiger partial charge in [0.1, 0.15) is 0 Å². The maximum absolute atomic E-state index is 5.39. The van der Waals surface area contributed by atoms with Gasteiger partial charge in [0.2, 0.25) is 0 Å². The van der Waals surface area contributed by atoms with Crippen LogP contribution in [0.5, 0.6) is 0 Å². The van der Waals surface area contributed by atoms with Crippen molar-refractivity contribution in [3.63, 3.8) is 0 Å². The first-order valence-electron chi connectivity index (χ1n) is 7.23. The number of hydrogen-bond donors (Lipinski definition) is 1. The summed E-state index contributed by atoms with van der Waals surface area (Å²) in [5.74, 6) is 1.80. The summed E-state index contributed by atoms with van der Waals surface area (Å²) in [5.41, 5.74) is 0. The Morgan fingerprint density at radius 2 is 1.75 bits per heavy atom. The maximum Gasteiger partial charge on any atom is 0.0495 e. The van der Waals surface area contributed by atoms with Crippen molar-refractivity contribution in [2.75, 3.05) is 26.3 Å². The molecule has 0 aromatic heterocycles. The molecule has 16 heavy (non-hydrogen) atoms. The van der Waals surface area contributed by atoms with Crippen LogP contribution in [-0.2, 0) is 4.74 Å². The van der Waals surface area contributed by atoms with Crippen molar-refractivity contribution in [2.45, 2.75) is 51.4 Å². The summed E-state index contributed by atoms with van der Waals surface area (Å²) in [5, 5.41) is 3.65. The minimum absolute atomic E-state index is 0.835. The van der Waals surface area contributed by atoms with Crippen molar-refractivity contribution in [2.24, 2.45) is 11.8 Å². The van der Waals surface area contributed by atoms with Gasteiger partial charge in [-0.1, -0.05) is 25.7 Å². The molecule has 1 atom stereocenters. The second kappa shape index (κ2) is 7.29. The molecule has 1 N–H and O–H groups in total. The number of hydrogen-bond acceptors (Lipinski definition) is 2. The number of nitrogens with one attached hydrogen (secondary N) is 1. The van der Waals surface area contributed by atoms with Crippen molar-refractivity contribution in [3.05, 3.63) is 0 Å². The summed E-state index contributed by atoms with van der Waals surface area (Å²) in [4.78, 5) is 0. The predicted octanol–water partition coefficient (Wildman–Crippen LogP) is 2.97. The first-order chi connectivity index (χ1) is 7.95. The Labute approximate surface area is 100 Å². The number of rotatable bonds is 5. The molecular formula is C14H27NO. The lowest BCUT2D eigenvalue weighted by atomic mass is 10.00. The maximum atomic E-state index is 5.39. The van der Waals surface area contributed by atoms with Crippen molar-refractivity contribution < 1.29 is 4.74 Å². The molecule has 1 aliphatic carbocycles. The summed E-state index contributed by atoms with van der Waals surface area (Å²) in [6.45, 7) is 4.45. The van der Waals surface area contributed by atoms with Gasteiger partial charge in [0, 0.05) is 13.2 Å². The molecule has 0 radical (unpaired) electrons. The molecular weight excluding hydrogens is 198 g/mol. The standard InChI is InChI=1S/C14H27NO/c1-2-4-6-13(5-3-1)11-15-9-7-14-8-10-16-12-14/h13-15H,1-12H2. The lowest BCUT2D eigenvalue weighted by molar-refractivity contribution is 0.184. The molecule has 0 aromatic carbocycles. The van der Waals surface area contributed by atoms with Crippen LogP contribution < -0.4 is 5.32 Å². The molecule has 1 heterocycles. The third kappa shape index (κ3) is 4.42. The molecule has 0 aromatic rings. The molecule has 2 fully saturated rings. The van der Waals surface area contributed by atoms with Crippen LogP contribution in [0.2, 0.25) is 0 Å². The third-order valence-corrected chi connectivity index (χ3v) is 4.16. The highest BCUT2D eigenvalue weighted by atomic mass is 16.5. The van der Waals surface area contributed by atoms with E-state index in [1.54, 1.807) is 0 Å². The van der Waals surface area contributed by atoms with E-state index < -0.39 is 0 Å².